The highest BCUT2D eigenvalue weighted by Gasteiger charge is 2.35. The molecule has 8 heteroatoms. The fraction of sp³-hybridized carbons (Fsp3) is 0.500. The van der Waals surface area contributed by atoms with Gasteiger partial charge in [-0.25, -0.2) is 4.79 Å². The molecule has 8 nitrogen and oxygen atoms in total. The number of hydrogen-bond acceptors (Lipinski definition) is 7. The van der Waals surface area contributed by atoms with Crippen LogP contribution in [-0.2, 0) is 11.3 Å². The van der Waals surface area contributed by atoms with Crippen molar-refractivity contribution in [3.05, 3.63) is 28.5 Å². The molecule has 1 fully saturated rings. The van der Waals surface area contributed by atoms with Crippen LogP contribution in [-0.4, -0.2) is 43.7 Å². The van der Waals surface area contributed by atoms with Crippen molar-refractivity contribution in [2.24, 2.45) is 0 Å². The molecule has 20 heavy (non-hydrogen) atoms. The summed E-state index contributed by atoms with van der Waals surface area (Å²) in [4.78, 5) is 15.7. The van der Waals surface area contributed by atoms with Crippen molar-refractivity contribution in [3.63, 3.8) is 0 Å². The summed E-state index contributed by atoms with van der Waals surface area (Å²) >= 11 is 0. The molecule has 0 radical (unpaired) electrons. The van der Waals surface area contributed by atoms with Crippen LogP contribution in [0.3, 0.4) is 0 Å². The Bertz CT molecular complexity index is 678. The van der Waals surface area contributed by atoms with Crippen molar-refractivity contribution in [1.82, 2.24) is 9.55 Å². The lowest BCUT2D eigenvalue weighted by molar-refractivity contribution is -0.0457. The lowest BCUT2D eigenvalue weighted by atomic mass is 10.2. The minimum Gasteiger partial charge on any atom is -0.440 e. The number of fused-ring (bicyclic) bond motifs is 1. The Morgan fingerprint density at radius 1 is 1.45 bits per heavy atom. The van der Waals surface area contributed by atoms with Crippen molar-refractivity contribution in [1.29, 1.82) is 0 Å². The Morgan fingerprint density at radius 3 is 2.90 bits per heavy atom. The van der Waals surface area contributed by atoms with Crippen LogP contribution >= 0.6 is 0 Å². The maximum atomic E-state index is 11.9. The van der Waals surface area contributed by atoms with Gasteiger partial charge >= 0.3 is 5.69 Å². The zero-order valence-electron chi connectivity index (χ0n) is 10.5. The normalized spacial score (nSPS) is 26.4. The van der Waals surface area contributed by atoms with Crippen LogP contribution in [0.5, 0.6) is 0 Å². The lowest BCUT2D eigenvalue weighted by Gasteiger charge is -2.13. The van der Waals surface area contributed by atoms with Gasteiger partial charge in [0.05, 0.1) is 18.1 Å². The third-order valence-electron chi connectivity index (χ3n) is 3.34. The summed E-state index contributed by atoms with van der Waals surface area (Å²) in [6, 6.07) is 1.58. The zero-order valence-corrected chi connectivity index (χ0v) is 10.5. The van der Waals surface area contributed by atoms with E-state index in [-0.39, 0.29) is 25.3 Å². The third kappa shape index (κ3) is 2.12. The molecule has 0 unspecified atom stereocenters. The summed E-state index contributed by atoms with van der Waals surface area (Å²) in [6.07, 6.45) is -0.517. The van der Waals surface area contributed by atoms with E-state index in [1.165, 1.54) is 10.8 Å². The molecule has 108 valence electrons. The molecule has 2 aromatic heterocycles. The molecule has 3 rings (SSSR count). The first-order valence-corrected chi connectivity index (χ1v) is 6.19. The largest absolute Gasteiger partial charge is 0.440 e. The van der Waals surface area contributed by atoms with Crippen molar-refractivity contribution in [2.75, 3.05) is 6.61 Å². The minimum absolute atomic E-state index is 0.146. The van der Waals surface area contributed by atoms with E-state index in [4.69, 9.17) is 19.4 Å². The summed E-state index contributed by atoms with van der Waals surface area (Å²) in [5.41, 5.74) is -0.431. The summed E-state index contributed by atoms with van der Waals surface area (Å²) in [7, 11) is 0. The van der Waals surface area contributed by atoms with Crippen molar-refractivity contribution in [2.45, 2.75) is 31.5 Å². The van der Waals surface area contributed by atoms with Gasteiger partial charge < -0.3 is 24.5 Å². The van der Waals surface area contributed by atoms with E-state index in [0.29, 0.717) is 11.1 Å². The number of aromatic nitrogens is 2. The monoisotopic (exact) mass is 282 g/mol. The molecule has 3 atom stereocenters. The number of nitrogens with zero attached hydrogens (tertiary/aromatic N) is 2. The zero-order chi connectivity index (χ0) is 14.3. The molecule has 0 amide bonds. The van der Waals surface area contributed by atoms with Crippen molar-refractivity contribution >= 4 is 11.1 Å². The maximum Gasteiger partial charge on any atom is 0.353 e. The maximum absolute atomic E-state index is 11.9. The molecule has 0 saturated carbocycles. The molecule has 1 saturated heterocycles. The smallest absolute Gasteiger partial charge is 0.353 e. The van der Waals surface area contributed by atoms with Crippen LogP contribution in [0, 0.1) is 0 Å². The van der Waals surface area contributed by atoms with Crippen LogP contribution in [0.2, 0.25) is 0 Å². The highest BCUT2D eigenvalue weighted by atomic mass is 16.5. The predicted molar refractivity (Wildman–Crippen MR) is 65.8 cm³/mol. The van der Waals surface area contributed by atoms with Gasteiger partial charge in [0.15, 0.2) is 0 Å². The van der Waals surface area contributed by atoms with E-state index in [9.17, 15) is 9.90 Å². The van der Waals surface area contributed by atoms with Gasteiger partial charge in [0.1, 0.15) is 24.7 Å². The number of hydrogen-bond donors (Lipinski definition) is 3. The predicted octanol–water partition coefficient (Wildman–Crippen LogP) is -0.878. The molecule has 0 spiro atoms. The molecule has 3 N–H and O–H groups in total. The number of aliphatic hydroxyl groups is 3. The van der Waals surface area contributed by atoms with E-state index < -0.39 is 24.1 Å². The quantitative estimate of drug-likeness (QED) is 0.669. The molecule has 3 heterocycles. The standard InChI is InChI=1S/C12H14N2O6/c15-4-7-1-6-3-14(12(18)13-11(6)19-7)10-2-8(17)9(5-16)20-10/h1,3,8-10,15-17H,2,4-5H2/t8-,9+,10+/m0/s1. The SMILES string of the molecule is O=c1nc2oc(CO)cc2cn1[C@H]1C[C@H](O)[C@@H](CO)O1. The van der Waals surface area contributed by atoms with Gasteiger partial charge in [-0.3, -0.25) is 4.57 Å². The fourth-order valence-corrected chi connectivity index (χ4v) is 2.31. The van der Waals surface area contributed by atoms with E-state index in [2.05, 4.69) is 4.98 Å². The van der Waals surface area contributed by atoms with Gasteiger partial charge in [-0.2, -0.15) is 4.98 Å². The summed E-state index contributed by atoms with van der Waals surface area (Å²) in [6.45, 7) is -0.599. The third-order valence-corrected chi connectivity index (χ3v) is 3.34. The summed E-state index contributed by atoms with van der Waals surface area (Å²) in [5, 5.41) is 28.3. The van der Waals surface area contributed by atoms with Crippen molar-refractivity contribution in [3.8, 4) is 0 Å². The van der Waals surface area contributed by atoms with Crippen LogP contribution < -0.4 is 5.69 Å². The van der Waals surface area contributed by atoms with Crippen LogP contribution in [0.4, 0.5) is 0 Å². The average molecular weight is 282 g/mol. The van der Waals surface area contributed by atoms with Crippen molar-refractivity contribution < 1.29 is 24.5 Å². The van der Waals surface area contributed by atoms with Crippen LogP contribution in [0.25, 0.3) is 11.1 Å². The van der Waals surface area contributed by atoms with Gasteiger partial charge in [-0.15, -0.1) is 0 Å². The first-order chi connectivity index (χ1) is 9.62. The molecule has 1 aliphatic heterocycles. The topological polar surface area (TPSA) is 118 Å². The Morgan fingerprint density at radius 2 is 2.25 bits per heavy atom. The summed E-state index contributed by atoms with van der Waals surface area (Å²) < 4.78 is 11.8. The molecular formula is C12H14N2O6. The van der Waals surface area contributed by atoms with Gasteiger partial charge in [0.25, 0.3) is 0 Å². The van der Waals surface area contributed by atoms with Crippen LogP contribution in [0.1, 0.15) is 18.4 Å². The van der Waals surface area contributed by atoms with E-state index in [0.717, 1.165) is 0 Å². The highest BCUT2D eigenvalue weighted by molar-refractivity contribution is 5.72. The minimum atomic E-state index is -0.829. The molecule has 1 aliphatic rings. The number of aliphatic hydroxyl groups excluding tert-OH is 3. The fourth-order valence-electron chi connectivity index (χ4n) is 2.31. The first kappa shape index (κ1) is 13.3. The Balaban J connectivity index is 1.99. The summed E-state index contributed by atoms with van der Waals surface area (Å²) in [5.74, 6) is 0.310. The molecular weight excluding hydrogens is 268 g/mol. The number of ether oxygens (including phenoxy) is 1. The second-order valence-corrected chi connectivity index (χ2v) is 4.68. The van der Waals surface area contributed by atoms with E-state index >= 15 is 0 Å². The number of furan rings is 1. The Hall–Kier alpha value is -1.74. The number of rotatable bonds is 3. The van der Waals surface area contributed by atoms with Gasteiger partial charge in [-0.1, -0.05) is 0 Å². The average Bonchev–Trinajstić information content (AvgIpc) is 3.00. The lowest BCUT2D eigenvalue weighted by Crippen LogP contribution is -2.27. The van der Waals surface area contributed by atoms with E-state index in [1.807, 2.05) is 0 Å². The molecule has 0 bridgehead atoms. The second-order valence-electron chi connectivity index (χ2n) is 4.68. The molecule has 0 aliphatic carbocycles. The van der Waals surface area contributed by atoms with Crippen LogP contribution in [0.15, 0.2) is 21.5 Å². The molecule has 2 aromatic rings. The second kappa shape index (κ2) is 4.98. The highest BCUT2D eigenvalue weighted by Crippen LogP contribution is 2.28. The first-order valence-electron chi connectivity index (χ1n) is 6.19. The Labute approximate surface area is 112 Å². The van der Waals surface area contributed by atoms with E-state index in [1.54, 1.807) is 6.07 Å². The van der Waals surface area contributed by atoms with Gasteiger partial charge in [0, 0.05) is 12.6 Å². The van der Waals surface area contributed by atoms with Gasteiger partial charge in [0.2, 0.25) is 5.71 Å². The molecule has 0 aromatic carbocycles. The Kier molecular flexibility index (Phi) is 3.30. The van der Waals surface area contributed by atoms with Gasteiger partial charge in [-0.05, 0) is 6.07 Å².